The monoisotopic (exact) mass is 299 g/mol. The van der Waals surface area contributed by atoms with Gasteiger partial charge in [-0.25, -0.2) is 0 Å². The highest BCUT2D eigenvalue weighted by Crippen LogP contribution is 2.40. The Labute approximate surface area is 136 Å². The Balaban J connectivity index is 1.85. The number of nitrogen functional groups attached to an aromatic ring is 1. The predicted octanol–water partition coefficient (Wildman–Crippen LogP) is 6.53. The second-order valence-corrected chi connectivity index (χ2v) is 7.62. The van der Waals surface area contributed by atoms with E-state index >= 15 is 0 Å². The SMILES string of the molecule is Nc1ccc(C2CCCCCC2)c(C2CCCCCCC2)c1. The molecule has 22 heavy (non-hydrogen) atoms. The fourth-order valence-electron chi connectivity index (χ4n) is 4.68. The van der Waals surface area contributed by atoms with Crippen LogP contribution in [-0.2, 0) is 0 Å². The van der Waals surface area contributed by atoms with E-state index in [0.717, 1.165) is 17.5 Å². The van der Waals surface area contributed by atoms with Crippen molar-refractivity contribution in [2.24, 2.45) is 0 Å². The van der Waals surface area contributed by atoms with E-state index < -0.39 is 0 Å². The summed E-state index contributed by atoms with van der Waals surface area (Å²) >= 11 is 0. The van der Waals surface area contributed by atoms with Gasteiger partial charge in [-0.15, -0.1) is 0 Å². The van der Waals surface area contributed by atoms with Crippen LogP contribution >= 0.6 is 0 Å². The molecule has 0 amide bonds. The molecule has 0 radical (unpaired) electrons. The van der Waals surface area contributed by atoms with Crippen LogP contribution in [0.4, 0.5) is 5.69 Å². The molecule has 2 saturated carbocycles. The molecule has 3 rings (SSSR count). The topological polar surface area (TPSA) is 26.0 Å². The van der Waals surface area contributed by atoms with Gasteiger partial charge in [-0.2, -0.15) is 0 Å². The molecule has 1 aromatic carbocycles. The molecule has 122 valence electrons. The van der Waals surface area contributed by atoms with Crippen LogP contribution in [0.2, 0.25) is 0 Å². The highest BCUT2D eigenvalue weighted by atomic mass is 14.5. The molecule has 1 nitrogen and oxygen atoms in total. The van der Waals surface area contributed by atoms with Crippen molar-refractivity contribution in [3.05, 3.63) is 29.3 Å². The second-order valence-electron chi connectivity index (χ2n) is 7.62. The lowest BCUT2D eigenvalue weighted by Crippen LogP contribution is -2.09. The van der Waals surface area contributed by atoms with Crippen molar-refractivity contribution in [3.8, 4) is 0 Å². The molecule has 0 saturated heterocycles. The summed E-state index contributed by atoms with van der Waals surface area (Å²) in [6, 6.07) is 6.85. The third-order valence-electron chi connectivity index (χ3n) is 5.95. The number of benzene rings is 1. The van der Waals surface area contributed by atoms with Gasteiger partial charge < -0.3 is 5.73 Å². The fraction of sp³-hybridized carbons (Fsp3) is 0.714. The Morgan fingerprint density at radius 1 is 0.591 bits per heavy atom. The van der Waals surface area contributed by atoms with Gasteiger partial charge in [0.15, 0.2) is 0 Å². The minimum absolute atomic E-state index is 0.766. The molecule has 2 fully saturated rings. The van der Waals surface area contributed by atoms with Crippen molar-refractivity contribution < 1.29 is 0 Å². The van der Waals surface area contributed by atoms with Gasteiger partial charge in [0.2, 0.25) is 0 Å². The Bertz CT molecular complexity index is 449. The average molecular weight is 300 g/mol. The Hall–Kier alpha value is -0.980. The van der Waals surface area contributed by atoms with E-state index in [1.54, 1.807) is 11.1 Å². The van der Waals surface area contributed by atoms with E-state index in [9.17, 15) is 0 Å². The van der Waals surface area contributed by atoms with E-state index in [-0.39, 0.29) is 0 Å². The van der Waals surface area contributed by atoms with Crippen LogP contribution in [0.15, 0.2) is 18.2 Å². The summed E-state index contributed by atoms with van der Waals surface area (Å²) in [5.74, 6) is 1.56. The first kappa shape index (κ1) is 15.9. The van der Waals surface area contributed by atoms with E-state index in [1.807, 2.05) is 0 Å². The minimum Gasteiger partial charge on any atom is -0.399 e. The van der Waals surface area contributed by atoms with Gasteiger partial charge in [-0.05, 0) is 60.8 Å². The molecule has 0 atom stereocenters. The van der Waals surface area contributed by atoms with Crippen molar-refractivity contribution in [2.75, 3.05) is 5.73 Å². The first-order chi connectivity index (χ1) is 10.8. The van der Waals surface area contributed by atoms with E-state index in [4.69, 9.17) is 5.73 Å². The smallest absolute Gasteiger partial charge is 0.0317 e. The summed E-state index contributed by atoms with van der Waals surface area (Å²) in [4.78, 5) is 0. The molecule has 0 bridgehead atoms. The van der Waals surface area contributed by atoms with E-state index in [0.29, 0.717) is 0 Å². The van der Waals surface area contributed by atoms with Crippen LogP contribution in [0, 0.1) is 0 Å². The number of hydrogen-bond donors (Lipinski definition) is 1. The van der Waals surface area contributed by atoms with Crippen molar-refractivity contribution in [1.29, 1.82) is 0 Å². The quantitative estimate of drug-likeness (QED) is 0.487. The molecule has 0 unspecified atom stereocenters. The molecule has 0 aromatic heterocycles. The van der Waals surface area contributed by atoms with Crippen LogP contribution in [0.3, 0.4) is 0 Å². The lowest BCUT2D eigenvalue weighted by molar-refractivity contribution is 0.450. The zero-order valence-corrected chi connectivity index (χ0v) is 14.2. The normalized spacial score (nSPS) is 22.7. The largest absolute Gasteiger partial charge is 0.399 e. The van der Waals surface area contributed by atoms with Gasteiger partial charge in [0.25, 0.3) is 0 Å². The number of nitrogens with two attached hydrogens (primary N) is 1. The van der Waals surface area contributed by atoms with Crippen LogP contribution in [0.5, 0.6) is 0 Å². The molecule has 0 heterocycles. The maximum atomic E-state index is 6.16. The second kappa shape index (κ2) is 8.04. The van der Waals surface area contributed by atoms with Gasteiger partial charge in [-0.1, -0.05) is 63.9 Å². The highest BCUT2D eigenvalue weighted by molar-refractivity contribution is 5.47. The maximum absolute atomic E-state index is 6.16. The number of rotatable bonds is 2. The standard InChI is InChI=1S/C21H33N/c22-19-14-15-20(17-10-8-4-5-9-11-17)21(16-19)18-12-6-2-1-3-7-13-18/h14-18H,1-13,22H2. The third kappa shape index (κ3) is 4.06. The maximum Gasteiger partial charge on any atom is 0.0317 e. The van der Waals surface area contributed by atoms with Crippen LogP contribution in [-0.4, -0.2) is 0 Å². The molecular weight excluding hydrogens is 266 g/mol. The summed E-state index contributed by atoms with van der Waals surface area (Å²) in [5, 5.41) is 0. The summed E-state index contributed by atoms with van der Waals surface area (Å²) < 4.78 is 0. The number of anilines is 1. The zero-order valence-electron chi connectivity index (χ0n) is 14.2. The van der Waals surface area contributed by atoms with Gasteiger partial charge in [0, 0.05) is 5.69 Å². The molecule has 2 aliphatic rings. The molecule has 2 aliphatic carbocycles. The first-order valence-corrected chi connectivity index (χ1v) is 9.74. The zero-order chi connectivity index (χ0) is 15.2. The van der Waals surface area contributed by atoms with Crippen LogP contribution in [0.1, 0.15) is 106 Å². The third-order valence-corrected chi connectivity index (χ3v) is 5.95. The molecular formula is C21H33N. The van der Waals surface area contributed by atoms with Gasteiger partial charge in [0.1, 0.15) is 0 Å². The van der Waals surface area contributed by atoms with Crippen molar-refractivity contribution in [2.45, 2.75) is 95.3 Å². The number of hydrogen-bond acceptors (Lipinski definition) is 1. The summed E-state index contributed by atoms with van der Waals surface area (Å²) in [6.07, 6.45) is 18.4. The highest BCUT2D eigenvalue weighted by Gasteiger charge is 2.22. The van der Waals surface area contributed by atoms with Crippen LogP contribution in [0.25, 0.3) is 0 Å². The van der Waals surface area contributed by atoms with Crippen molar-refractivity contribution >= 4 is 5.69 Å². The minimum atomic E-state index is 0.766. The molecule has 0 spiro atoms. The fourth-order valence-corrected chi connectivity index (χ4v) is 4.68. The van der Waals surface area contributed by atoms with Crippen LogP contribution < -0.4 is 5.73 Å². The van der Waals surface area contributed by atoms with E-state index in [1.165, 1.54) is 83.5 Å². The van der Waals surface area contributed by atoms with Crippen molar-refractivity contribution in [1.82, 2.24) is 0 Å². The van der Waals surface area contributed by atoms with Gasteiger partial charge >= 0.3 is 0 Å². The molecule has 1 heteroatoms. The summed E-state index contributed by atoms with van der Waals surface area (Å²) in [7, 11) is 0. The first-order valence-electron chi connectivity index (χ1n) is 9.74. The molecule has 0 aliphatic heterocycles. The Morgan fingerprint density at radius 3 is 1.59 bits per heavy atom. The van der Waals surface area contributed by atoms with E-state index in [2.05, 4.69) is 18.2 Å². The lowest BCUT2D eigenvalue weighted by atomic mass is 9.79. The summed E-state index contributed by atoms with van der Waals surface area (Å²) in [6.45, 7) is 0. The summed E-state index contributed by atoms with van der Waals surface area (Å²) in [5.41, 5.74) is 10.4. The lowest BCUT2D eigenvalue weighted by Gasteiger charge is -2.26. The van der Waals surface area contributed by atoms with Gasteiger partial charge in [0.05, 0.1) is 0 Å². The van der Waals surface area contributed by atoms with Crippen molar-refractivity contribution in [3.63, 3.8) is 0 Å². The predicted molar refractivity (Wildman–Crippen MR) is 96.4 cm³/mol. The Kier molecular flexibility index (Phi) is 5.81. The Morgan fingerprint density at radius 2 is 1.05 bits per heavy atom. The molecule has 2 N–H and O–H groups in total. The van der Waals surface area contributed by atoms with Gasteiger partial charge in [-0.3, -0.25) is 0 Å². The average Bonchev–Trinajstić information content (AvgIpc) is 2.76. The molecule has 1 aromatic rings.